The maximum absolute atomic E-state index is 11.9. The molecule has 0 fully saturated rings. The van der Waals surface area contributed by atoms with Crippen molar-refractivity contribution < 1.29 is 0 Å². The second kappa shape index (κ2) is 3.71. The Morgan fingerprint density at radius 2 is 1.94 bits per heavy atom. The van der Waals surface area contributed by atoms with Gasteiger partial charge in [-0.1, -0.05) is 29.8 Å². The summed E-state index contributed by atoms with van der Waals surface area (Å²) in [6.45, 7) is 0. The first-order chi connectivity index (χ1) is 8.27. The highest BCUT2D eigenvalue weighted by atomic mass is 35.5. The van der Waals surface area contributed by atoms with Crippen LogP contribution in [0.2, 0.25) is 5.15 Å². The van der Waals surface area contributed by atoms with E-state index in [1.54, 1.807) is 0 Å². The van der Waals surface area contributed by atoms with E-state index in [1.807, 2.05) is 30.3 Å². The molecule has 1 aromatic carbocycles. The smallest absolute Gasteiger partial charge is 0.290 e. The van der Waals surface area contributed by atoms with Gasteiger partial charge in [-0.25, -0.2) is 14.8 Å². The maximum Gasteiger partial charge on any atom is 0.332 e. The number of aromatic nitrogens is 4. The molecule has 0 amide bonds. The Morgan fingerprint density at radius 3 is 2.71 bits per heavy atom. The molecule has 0 bridgehead atoms. The minimum Gasteiger partial charge on any atom is -0.290 e. The molecule has 0 aliphatic heterocycles. The highest BCUT2D eigenvalue weighted by Gasteiger charge is 2.12. The van der Waals surface area contributed by atoms with Crippen LogP contribution < -0.4 is 5.69 Å². The largest absolute Gasteiger partial charge is 0.332 e. The fourth-order valence-electron chi connectivity index (χ4n) is 1.73. The van der Waals surface area contributed by atoms with Crippen molar-refractivity contribution >= 4 is 22.8 Å². The van der Waals surface area contributed by atoms with Gasteiger partial charge in [-0.3, -0.25) is 9.55 Å². The number of nitrogens with one attached hydrogen (secondary N) is 1. The van der Waals surface area contributed by atoms with Crippen LogP contribution in [0.5, 0.6) is 0 Å². The summed E-state index contributed by atoms with van der Waals surface area (Å²) < 4.78 is 1.46. The van der Waals surface area contributed by atoms with Crippen molar-refractivity contribution in [1.29, 1.82) is 0 Å². The van der Waals surface area contributed by atoms with E-state index in [2.05, 4.69) is 15.0 Å². The van der Waals surface area contributed by atoms with Gasteiger partial charge in [-0.05, 0) is 12.1 Å². The lowest BCUT2D eigenvalue weighted by atomic mass is 10.3. The molecule has 0 aliphatic carbocycles. The van der Waals surface area contributed by atoms with Crippen molar-refractivity contribution in [1.82, 2.24) is 19.5 Å². The van der Waals surface area contributed by atoms with Crippen LogP contribution in [0.1, 0.15) is 0 Å². The average Bonchev–Trinajstić information content (AvgIpc) is 2.68. The number of rotatable bonds is 1. The van der Waals surface area contributed by atoms with Crippen LogP contribution in [-0.4, -0.2) is 19.5 Å². The SMILES string of the molecule is O=c1[nH]c2ncnc(Cl)c2n1-c1ccccc1. The molecular weight excluding hydrogens is 240 g/mol. The molecule has 0 unspecified atom stereocenters. The first kappa shape index (κ1) is 10.0. The Balaban J connectivity index is 2.45. The molecular formula is C11H7ClN4O. The Morgan fingerprint density at radius 1 is 1.18 bits per heavy atom. The number of hydrogen-bond acceptors (Lipinski definition) is 3. The quantitative estimate of drug-likeness (QED) is 0.666. The lowest BCUT2D eigenvalue weighted by Gasteiger charge is -2.02. The van der Waals surface area contributed by atoms with E-state index >= 15 is 0 Å². The topological polar surface area (TPSA) is 63.6 Å². The fraction of sp³-hybridized carbons (Fsp3) is 0. The number of imidazole rings is 1. The third-order valence-corrected chi connectivity index (χ3v) is 2.72. The summed E-state index contributed by atoms with van der Waals surface area (Å²) in [5.41, 5.74) is 1.36. The number of H-pyrrole nitrogens is 1. The van der Waals surface area contributed by atoms with Crippen molar-refractivity contribution in [2.45, 2.75) is 0 Å². The molecule has 0 atom stereocenters. The lowest BCUT2D eigenvalue weighted by molar-refractivity contribution is 1.01. The second-order valence-corrected chi connectivity index (χ2v) is 3.82. The number of hydrogen-bond donors (Lipinski definition) is 1. The maximum atomic E-state index is 11.9. The average molecular weight is 247 g/mol. The van der Waals surface area contributed by atoms with E-state index in [1.165, 1.54) is 10.9 Å². The van der Waals surface area contributed by atoms with E-state index in [4.69, 9.17) is 11.6 Å². The number of halogens is 1. The van der Waals surface area contributed by atoms with Gasteiger partial charge in [0.15, 0.2) is 10.8 Å². The van der Waals surface area contributed by atoms with Crippen LogP contribution in [-0.2, 0) is 0 Å². The van der Waals surface area contributed by atoms with Gasteiger partial charge in [0.1, 0.15) is 11.8 Å². The summed E-state index contributed by atoms with van der Waals surface area (Å²) in [5, 5.41) is 0.247. The zero-order chi connectivity index (χ0) is 11.8. The number of aromatic amines is 1. The summed E-state index contributed by atoms with van der Waals surface area (Å²) in [4.78, 5) is 22.4. The van der Waals surface area contributed by atoms with Gasteiger partial charge < -0.3 is 0 Å². The summed E-state index contributed by atoms with van der Waals surface area (Å²) in [6.07, 6.45) is 1.32. The van der Waals surface area contributed by atoms with Crippen LogP contribution in [0.25, 0.3) is 16.9 Å². The Labute approximate surface area is 101 Å². The van der Waals surface area contributed by atoms with Crippen molar-refractivity contribution in [3.8, 4) is 5.69 Å². The van der Waals surface area contributed by atoms with Crippen LogP contribution in [0.4, 0.5) is 0 Å². The fourth-order valence-corrected chi connectivity index (χ4v) is 1.95. The number of benzene rings is 1. The Kier molecular flexibility index (Phi) is 2.19. The highest BCUT2D eigenvalue weighted by Crippen LogP contribution is 2.19. The molecule has 0 radical (unpaired) electrons. The first-order valence-corrected chi connectivity index (χ1v) is 5.32. The standard InChI is InChI=1S/C11H7ClN4O/c12-9-8-10(14-6-13-9)15-11(17)16(8)7-4-2-1-3-5-7/h1-6H,(H,13,14,15,17). The Bertz CT molecular complexity index is 732. The van der Waals surface area contributed by atoms with Crippen molar-refractivity contribution in [3.05, 3.63) is 52.3 Å². The number of nitrogens with zero attached hydrogens (tertiary/aromatic N) is 3. The van der Waals surface area contributed by atoms with Crippen molar-refractivity contribution in [3.63, 3.8) is 0 Å². The van der Waals surface area contributed by atoms with Gasteiger partial charge in [0, 0.05) is 0 Å². The second-order valence-electron chi connectivity index (χ2n) is 3.46. The molecule has 3 rings (SSSR count). The molecule has 5 nitrogen and oxygen atoms in total. The third-order valence-electron chi connectivity index (χ3n) is 2.44. The lowest BCUT2D eigenvalue weighted by Crippen LogP contribution is -2.14. The summed E-state index contributed by atoms with van der Waals surface area (Å²) in [6, 6.07) is 9.20. The van der Waals surface area contributed by atoms with E-state index in [-0.39, 0.29) is 10.8 Å². The molecule has 2 aromatic heterocycles. The van der Waals surface area contributed by atoms with Gasteiger partial charge in [-0.15, -0.1) is 0 Å². The molecule has 0 saturated carbocycles. The molecule has 0 saturated heterocycles. The van der Waals surface area contributed by atoms with Gasteiger partial charge in [0.05, 0.1) is 5.69 Å². The van der Waals surface area contributed by atoms with Crippen molar-refractivity contribution in [2.75, 3.05) is 0 Å². The van der Waals surface area contributed by atoms with E-state index in [0.29, 0.717) is 11.2 Å². The monoisotopic (exact) mass is 246 g/mol. The zero-order valence-electron chi connectivity index (χ0n) is 8.59. The number of fused-ring (bicyclic) bond motifs is 1. The molecule has 0 aliphatic rings. The molecule has 84 valence electrons. The van der Waals surface area contributed by atoms with E-state index in [9.17, 15) is 4.79 Å². The zero-order valence-corrected chi connectivity index (χ0v) is 9.35. The molecule has 6 heteroatoms. The van der Waals surface area contributed by atoms with Crippen LogP contribution >= 0.6 is 11.6 Å². The minimum atomic E-state index is -0.284. The molecule has 1 N–H and O–H groups in total. The Hall–Kier alpha value is -2.14. The van der Waals surface area contributed by atoms with Crippen LogP contribution in [0, 0.1) is 0 Å². The van der Waals surface area contributed by atoms with Gasteiger partial charge in [0.25, 0.3) is 0 Å². The molecule has 0 spiro atoms. The first-order valence-electron chi connectivity index (χ1n) is 4.94. The molecule has 2 heterocycles. The normalized spacial score (nSPS) is 10.9. The summed E-state index contributed by atoms with van der Waals surface area (Å²) in [7, 11) is 0. The van der Waals surface area contributed by atoms with Crippen molar-refractivity contribution in [2.24, 2.45) is 0 Å². The van der Waals surface area contributed by atoms with Crippen LogP contribution in [0.15, 0.2) is 41.5 Å². The molecule has 3 aromatic rings. The summed E-state index contributed by atoms with van der Waals surface area (Å²) >= 11 is 5.99. The number of para-hydroxylation sites is 1. The van der Waals surface area contributed by atoms with E-state index < -0.39 is 0 Å². The summed E-state index contributed by atoms with van der Waals surface area (Å²) in [5.74, 6) is 0. The predicted molar refractivity (Wildman–Crippen MR) is 64.5 cm³/mol. The predicted octanol–water partition coefficient (Wildman–Crippen LogP) is 1.76. The molecule has 17 heavy (non-hydrogen) atoms. The minimum absolute atomic E-state index is 0.247. The van der Waals surface area contributed by atoms with Crippen LogP contribution in [0.3, 0.4) is 0 Å². The van der Waals surface area contributed by atoms with Gasteiger partial charge in [0.2, 0.25) is 0 Å². The van der Waals surface area contributed by atoms with E-state index in [0.717, 1.165) is 5.69 Å². The van der Waals surface area contributed by atoms with Gasteiger partial charge in [-0.2, -0.15) is 0 Å². The van der Waals surface area contributed by atoms with Gasteiger partial charge >= 0.3 is 5.69 Å². The third kappa shape index (κ3) is 1.52. The highest BCUT2D eigenvalue weighted by molar-refractivity contribution is 6.33.